The molecule has 4 heteroatoms. The second kappa shape index (κ2) is 5.59. The normalized spacial score (nSPS) is 24.4. The van der Waals surface area contributed by atoms with Gasteiger partial charge in [-0.2, -0.15) is 0 Å². The van der Waals surface area contributed by atoms with Crippen molar-refractivity contribution in [2.24, 2.45) is 5.92 Å². The second-order valence-corrected chi connectivity index (χ2v) is 5.06. The van der Waals surface area contributed by atoms with Crippen molar-refractivity contribution < 1.29 is 9.84 Å². The molecule has 0 bridgehead atoms. The number of benzene rings is 1. The van der Waals surface area contributed by atoms with Crippen molar-refractivity contribution in [1.82, 2.24) is 4.90 Å². The molecule has 1 saturated heterocycles. The standard InChI is InChI=1S/C14H22N2O2/c1-10-5-6-16(13(10)9-17)8-11-3-4-12(15)7-14(11)18-2/h3-4,7,10,13,17H,5-6,8-9,15H2,1-2H3. The molecule has 2 atom stereocenters. The number of aliphatic hydroxyl groups excluding tert-OH is 1. The van der Waals surface area contributed by atoms with Gasteiger partial charge in [0.25, 0.3) is 0 Å². The number of nitrogens with two attached hydrogens (primary N) is 1. The van der Waals surface area contributed by atoms with Crippen LogP contribution in [-0.4, -0.2) is 36.3 Å². The van der Waals surface area contributed by atoms with Gasteiger partial charge in [0.1, 0.15) is 5.75 Å². The molecule has 4 nitrogen and oxygen atoms in total. The summed E-state index contributed by atoms with van der Waals surface area (Å²) in [6, 6.07) is 6.01. The van der Waals surface area contributed by atoms with Crippen LogP contribution in [0.5, 0.6) is 5.75 Å². The molecule has 0 spiro atoms. The predicted molar refractivity (Wildman–Crippen MR) is 72.5 cm³/mol. The van der Waals surface area contributed by atoms with Gasteiger partial charge >= 0.3 is 0 Å². The summed E-state index contributed by atoms with van der Waals surface area (Å²) in [5, 5.41) is 9.46. The third-order valence-corrected chi connectivity index (χ3v) is 3.87. The molecule has 1 fully saturated rings. The molecule has 0 aromatic heterocycles. The first-order valence-corrected chi connectivity index (χ1v) is 6.43. The first-order valence-electron chi connectivity index (χ1n) is 6.43. The largest absolute Gasteiger partial charge is 0.496 e. The Morgan fingerprint density at radius 3 is 2.94 bits per heavy atom. The van der Waals surface area contributed by atoms with Gasteiger partial charge in [0.15, 0.2) is 0 Å². The van der Waals surface area contributed by atoms with E-state index >= 15 is 0 Å². The SMILES string of the molecule is COc1cc(N)ccc1CN1CCC(C)C1CO. The van der Waals surface area contributed by atoms with Crippen molar-refractivity contribution >= 4 is 5.69 Å². The first-order chi connectivity index (χ1) is 8.65. The summed E-state index contributed by atoms with van der Waals surface area (Å²) in [7, 11) is 1.66. The van der Waals surface area contributed by atoms with E-state index in [4.69, 9.17) is 10.5 Å². The summed E-state index contributed by atoms with van der Waals surface area (Å²) in [4.78, 5) is 2.32. The van der Waals surface area contributed by atoms with E-state index in [1.54, 1.807) is 7.11 Å². The van der Waals surface area contributed by atoms with E-state index in [0.717, 1.165) is 30.8 Å². The van der Waals surface area contributed by atoms with Crippen LogP contribution in [0.25, 0.3) is 0 Å². The summed E-state index contributed by atoms with van der Waals surface area (Å²) in [6.07, 6.45) is 1.14. The van der Waals surface area contributed by atoms with E-state index in [-0.39, 0.29) is 12.6 Å². The topological polar surface area (TPSA) is 58.7 Å². The van der Waals surface area contributed by atoms with Crippen molar-refractivity contribution in [3.05, 3.63) is 23.8 Å². The van der Waals surface area contributed by atoms with Crippen molar-refractivity contribution in [1.29, 1.82) is 0 Å². The number of nitrogen functional groups attached to an aromatic ring is 1. The number of hydrogen-bond acceptors (Lipinski definition) is 4. The zero-order chi connectivity index (χ0) is 13.1. The number of likely N-dealkylation sites (tertiary alicyclic amines) is 1. The van der Waals surface area contributed by atoms with Gasteiger partial charge in [0, 0.05) is 29.9 Å². The van der Waals surface area contributed by atoms with E-state index in [0.29, 0.717) is 11.6 Å². The lowest BCUT2D eigenvalue weighted by Crippen LogP contribution is -2.34. The first kappa shape index (κ1) is 13.2. The fourth-order valence-corrected chi connectivity index (χ4v) is 2.69. The number of methoxy groups -OCH3 is 1. The molecule has 1 heterocycles. The molecule has 0 saturated carbocycles. The van der Waals surface area contributed by atoms with Gasteiger partial charge in [-0.25, -0.2) is 0 Å². The van der Waals surface area contributed by atoms with Crippen molar-refractivity contribution in [3.8, 4) is 5.75 Å². The molecule has 1 aliphatic heterocycles. The maximum absolute atomic E-state index is 9.46. The Bertz CT molecular complexity index is 409. The Hall–Kier alpha value is -1.26. The predicted octanol–water partition coefficient (Wildman–Crippen LogP) is 1.48. The van der Waals surface area contributed by atoms with Crippen LogP contribution in [0, 0.1) is 5.92 Å². The van der Waals surface area contributed by atoms with Crippen LogP contribution in [0.15, 0.2) is 18.2 Å². The summed E-state index contributed by atoms with van der Waals surface area (Å²) in [5.74, 6) is 1.38. The number of hydrogen-bond donors (Lipinski definition) is 2. The van der Waals surface area contributed by atoms with Gasteiger partial charge in [0.05, 0.1) is 13.7 Å². The molecule has 3 N–H and O–H groups in total. The Morgan fingerprint density at radius 2 is 2.28 bits per heavy atom. The molecule has 0 amide bonds. The summed E-state index contributed by atoms with van der Waals surface area (Å²) in [6.45, 7) is 4.25. The monoisotopic (exact) mass is 250 g/mol. The van der Waals surface area contributed by atoms with Crippen LogP contribution in [-0.2, 0) is 6.54 Å². The molecule has 0 radical (unpaired) electrons. The van der Waals surface area contributed by atoms with Crippen LogP contribution in [0.3, 0.4) is 0 Å². The van der Waals surface area contributed by atoms with Gasteiger partial charge in [-0.15, -0.1) is 0 Å². The lowest BCUT2D eigenvalue weighted by molar-refractivity contribution is 0.133. The minimum Gasteiger partial charge on any atom is -0.496 e. The number of nitrogens with zero attached hydrogens (tertiary/aromatic N) is 1. The maximum atomic E-state index is 9.46. The fourth-order valence-electron chi connectivity index (χ4n) is 2.69. The van der Waals surface area contributed by atoms with Crippen LogP contribution in [0.1, 0.15) is 18.9 Å². The number of ether oxygens (including phenoxy) is 1. The zero-order valence-corrected chi connectivity index (χ0v) is 11.1. The van der Waals surface area contributed by atoms with Crippen LogP contribution in [0.2, 0.25) is 0 Å². The second-order valence-electron chi connectivity index (χ2n) is 5.06. The van der Waals surface area contributed by atoms with Gasteiger partial charge in [-0.05, 0) is 24.9 Å². The summed E-state index contributed by atoms with van der Waals surface area (Å²) in [5.41, 5.74) is 7.59. The van der Waals surface area contributed by atoms with Crippen molar-refractivity contribution in [3.63, 3.8) is 0 Å². The molecule has 18 heavy (non-hydrogen) atoms. The van der Waals surface area contributed by atoms with E-state index in [9.17, 15) is 5.11 Å². The van der Waals surface area contributed by atoms with Crippen LogP contribution < -0.4 is 10.5 Å². The highest BCUT2D eigenvalue weighted by molar-refractivity contribution is 5.48. The Kier molecular flexibility index (Phi) is 4.09. The number of aliphatic hydroxyl groups is 1. The average molecular weight is 250 g/mol. The molecule has 100 valence electrons. The minimum absolute atomic E-state index is 0.221. The smallest absolute Gasteiger partial charge is 0.125 e. The third-order valence-electron chi connectivity index (χ3n) is 3.87. The minimum atomic E-state index is 0.221. The van der Waals surface area contributed by atoms with Gasteiger partial charge in [-0.3, -0.25) is 4.90 Å². The molecular formula is C14H22N2O2. The third kappa shape index (κ3) is 2.60. The lowest BCUT2D eigenvalue weighted by atomic mass is 10.0. The zero-order valence-electron chi connectivity index (χ0n) is 11.1. The van der Waals surface area contributed by atoms with E-state index in [2.05, 4.69) is 11.8 Å². The molecule has 0 aliphatic carbocycles. The molecular weight excluding hydrogens is 228 g/mol. The van der Waals surface area contributed by atoms with Crippen molar-refractivity contribution in [2.45, 2.75) is 25.9 Å². The van der Waals surface area contributed by atoms with Gasteiger partial charge in [-0.1, -0.05) is 13.0 Å². The highest BCUT2D eigenvalue weighted by Gasteiger charge is 2.30. The number of rotatable bonds is 4. The maximum Gasteiger partial charge on any atom is 0.125 e. The van der Waals surface area contributed by atoms with Crippen LogP contribution in [0.4, 0.5) is 5.69 Å². The van der Waals surface area contributed by atoms with Crippen LogP contribution >= 0.6 is 0 Å². The lowest BCUT2D eigenvalue weighted by Gasteiger charge is -2.25. The molecule has 1 aromatic carbocycles. The van der Waals surface area contributed by atoms with Crippen molar-refractivity contribution in [2.75, 3.05) is 26.0 Å². The highest BCUT2D eigenvalue weighted by atomic mass is 16.5. The molecule has 1 aliphatic rings. The van der Waals surface area contributed by atoms with E-state index < -0.39 is 0 Å². The fraction of sp³-hybridized carbons (Fsp3) is 0.571. The van der Waals surface area contributed by atoms with Gasteiger partial charge < -0.3 is 15.6 Å². The van der Waals surface area contributed by atoms with E-state index in [1.807, 2.05) is 18.2 Å². The molecule has 1 aromatic rings. The average Bonchev–Trinajstić information content (AvgIpc) is 2.72. The quantitative estimate of drug-likeness (QED) is 0.795. The molecule has 2 rings (SSSR count). The Balaban J connectivity index is 2.14. The summed E-state index contributed by atoms with van der Waals surface area (Å²) < 4.78 is 5.36. The highest BCUT2D eigenvalue weighted by Crippen LogP contribution is 2.29. The molecule has 2 unspecified atom stereocenters. The Labute approximate surface area is 108 Å². The number of anilines is 1. The Morgan fingerprint density at radius 1 is 1.50 bits per heavy atom. The van der Waals surface area contributed by atoms with Gasteiger partial charge in [0.2, 0.25) is 0 Å². The van der Waals surface area contributed by atoms with E-state index in [1.165, 1.54) is 0 Å². The summed E-state index contributed by atoms with van der Waals surface area (Å²) >= 11 is 0.